The van der Waals surface area contributed by atoms with E-state index in [1.165, 1.54) is 12.8 Å². The van der Waals surface area contributed by atoms with Crippen molar-refractivity contribution in [2.45, 2.75) is 63.4 Å². The number of ether oxygens (including phenoxy) is 1. The highest BCUT2D eigenvalue weighted by Crippen LogP contribution is 2.42. The van der Waals surface area contributed by atoms with Crippen LogP contribution in [0.4, 0.5) is 0 Å². The third kappa shape index (κ3) is 2.37. The normalized spacial score (nSPS) is 24.9. The van der Waals surface area contributed by atoms with E-state index >= 15 is 0 Å². The summed E-state index contributed by atoms with van der Waals surface area (Å²) in [4.78, 5) is 4.75. The van der Waals surface area contributed by atoms with Gasteiger partial charge in [-0.3, -0.25) is 0 Å². The molecule has 1 aromatic rings. The van der Waals surface area contributed by atoms with Gasteiger partial charge in [-0.2, -0.15) is 4.98 Å². The molecule has 0 aromatic carbocycles. The lowest BCUT2D eigenvalue weighted by Crippen LogP contribution is -2.38. The number of nitrogens with one attached hydrogen (secondary N) is 1. The van der Waals surface area contributed by atoms with Crippen LogP contribution in [0.15, 0.2) is 4.52 Å². The molecule has 1 saturated heterocycles. The number of rotatable bonds is 4. The minimum absolute atomic E-state index is 0.0164. The summed E-state index contributed by atoms with van der Waals surface area (Å²) < 4.78 is 11.6. The summed E-state index contributed by atoms with van der Waals surface area (Å²) in [6.07, 6.45) is 6.50. The zero-order chi connectivity index (χ0) is 14.1. The molecule has 2 aliphatic rings. The van der Waals surface area contributed by atoms with Crippen LogP contribution in [0.1, 0.15) is 64.1 Å². The Morgan fingerprint density at radius 3 is 2.55 bits per heavy atom. The molecule has 0 unspecified atom stereocenters. The van der Waals surface area contributed by atoms with Crippen molar-refractivity contribution in [1.29, 1.82) is 0 Å². The van der Waals surface area contributed by atoms with Gasteiger partial charge in [0.15, 0.2) is 0 Å². The van der Waals surface area contributed by atoms with Crippen molar-refractivity contribution >= 4 is 0 Å². The molecule has 0 spiro atoms. The van der Waals surface area contributed by atoms with Gasteiger partial charge >= 0.3 is 0 Å². The first-order valence-corrected chi connectivity index (χ1v) is 7.88. The summed E-state index contributed by atoms with van der Waals surface area (Å²) in [5.41, 5.74) is -0.276. The van der Waals surface area contributed by atoms with E-state index in [2.05, 4.69) is 17.4 Å². The highest BCUT2D eigenvalue weighted by molar-refractivity contribution is 5.10. The van der Waals surface area contributed by atoms with Crippen molar-refractivity contribution in [1.82, 2.24) is 15.5 Å². The molecule has 0 radical (unpaired) electrons. The maximum Gasteiger partial charge on any atom is 0.232 e. The zero-order valence-corrected chi connectivity index (χ0v) is 12.6. The summed E-state index contributed by atoms with van der Waals surface area (Å²) >= 11 is 0. The molecular weight excluding hydrogens is 254 g/mol. The van der Waals surface area contributed by atoms with Crippen molar-refractivity contribution in [3.63, 3.8) is 0 Å². The summed E-state index contributed by atoms with van der Waals surface area (Å²) in [6.45, 7) is 7.00. The second-order valence-corrected chi connectivity index (χ2v) is 6.37. The first kappa shape index (κ1) is 14.0. The Morgan fingerprint density at radius 2 is 1.90 bits per heavy atom. The fourth-order valence-corrected chi connectivity index (χ4v) is 3.50. The molecule has 1 aromatic heterocycles. The van der Waals surface area contributed by atoms with Crippen LogP contribution in [0.25, 0.3) is 0 Å². The van der Waals surface area contributed by atoms with Gasteiger partial charge in [-0.05, 0) is 58.5 Å². The Labute approximate surface area is 120 Å². The van der Waals surface area contributed by atoms with Crippen LogP contribution in [0.2, 0.25) is 0 Å². The molecule has 1 saturated carbocycles. The Kier molecular flexibility index (Phi) is 3.82. The molecular formula is C15H25N3O2. The standard InChI is InChI=1S/C15H25N3O2/c1-3-19-15(6-4-5-7-15)12-17-13(20-18-12)14(2)8-10-16-11-9-14/h16H,3-11H2,1-2H3. The van der Waals surface area contributed by atoms with Crippen LogP contribution in [0.3, 0.4) is 0 Å². The van der Waals surface area contributed by atoms with Crippen LogP contribution < -0.4 is 5.32 Å². The third-order valence-corrected chi connectivity index (χ3v) is 4.89. The molecule has 1 N–H and O–H groups in total. The van der Waals surface area contributed by atoms with E-state index in [-0.39, 0.29) is 11.0 Å². The van der Waals surface area contributed by atoms with Gasteiger partial charge in [-0.15, -0.1) is 0 Å². The van der Waals surface area contributed by atoms with Crippen LogP contribution in [-0.2, 0) is 15.8 Å². The average molecular weight is 279 g/mol. The molecule has 1 aliphatic carbocycles. The molecule has 0 amide bonds. The minimum Gasteiger partial charge on any atom is -0.367 e. The Morgan fingerprint density at radius 1 is 1.20 bits per heavy atom. The van der Waals surface area contributed by atoms with Gasteiger partial charge < -0.3 is 14.6 Å². The van der Waals surface area contributed by atoms with Crippen molar-refractivity contribution in [2.75, 3.05) is 19.7 Å². The lowest BCUT2D eigenvalue weighted by molar-refractivity contribution is -0.0469. The van der Waals surface area contributed by atoms with E-state index in [1.807, 2.05) is 6.92 Å². The van der Waals surface area contributed by atoms with Crippen LogP contribution >= 0.6 is 0 Å². The van der Waals surface area contributed by atoms with Gasteiger partial charge in [0.2, 0.25) is 11.7 Å². The number of piperidine rings is 1. The van der Waals surface area contributed by atoms with E-state index in [0.717, 1.165) is 50.5 Å². The number of aromatic nitrogens is 2. The Bertz CT molecular complexity index is 446. The van der Waals surface area contributed by atoms with Gasteiger partial charge in [0.25, 0.3) is 0 Å². The monoisotopic (exact) mass is 279 g/mol. The smallest absolute Gasteiger partial charge is 0.232 e. The highest BCUT2D eigenvalue weighted by atomic mass is 16.5. The maximum absolute atomic E-state index is 6.01. The van der Waals surface area contributed by atoms with Crippen molar-refractivity contribution in [2.24, 2.45) is 0 Å². The first-order chi connectivity index (χ1) is 9.69. The quantitative estimate of drug-likeness (QED) is 0.917. The van der Waals surface area contributed by atoms with Gasteiger partial charge in [-0.25, -0.2) is 0 Å². The summed E-state index contributed by atoms with van der Waals surface area (Å²) in [6, 6.07) is 0. The second-order valence-electron chi connectivity index (χ2n) is 6.37. The van der Waals surface area contributed by atoms with E-state index in [4.69, 9.17) is 14.2 Å². The first-order valence-electron chi connectivity index (χ1n) is 7.88. The van der Waals surface area contributed by atoms with Crippen molar-refractivity contribution in [3.05, 3.63) is 11.7 Å². The molecule has 5 nitrogen and oxygen atoms in total. The molecule has 0 bridgehead atoms. The molecule has 0 atom stereocenters. The predicted octanol–water partition coefficient (Wildman–Crippen LogP) is 2.52. The molecule has 1 aliphatic heterocycles. The summed E-state index contributed by atoms with van der Waals surface area (Å²) in [5, 5.41) is 7.66. The zero-order valence-electron chi connectivity index (χ0n) is 12.6. The van der Waals surface area contributed by atoms with Gasteiger partial charge in [0.1, 0.15) is 5.60 Å². The largest absolute Gasteiger partial charge is 0.367 e. The third-order valence-electron chi connectivity index (χ3n) is 4.89. The fraction of sp³-hybridized carbons (Fsp3) is 0.867. The Balaban J connectivity index is 1.85. The van der Waals surface area contributed by atoms with Crippen molar-refractivity contribution in [3.8, 4) is 0 Å². The molecule has 20 heavy (non-hydrogen) atoms. The average Bonchev–Trinajstić information content (AvgIpc) is 3.09. The molecule has 2 heterocycles. The van der Waals surface area contributed by atoms with E-state index in [0.29, 0.717) is 6.61 Å². The number of hydrogen-bond acceptors (Lipinski definition) is 5. The maximum atomic E-state index is 6.01. The topological polar surface area (TPSA) is 60.2 Å². The van der Waals surface area contributed by atoms with Crippen LogP contribution in [0, 0.1) is 0 Å². The molecule has 2 fully saturated rings. The lowest BCUT2D eigenvalue weighted by atomic mass is 9.81. The Hall–Kier alpha value is -0.940. The van der Waals surface area contributed by atoms with Gasteiger partial charge in [-0.1, -0.05) is 12.1 Å². The number of nitrogens with zero attached hydrogens (tertiary/aromatic N) is 2. The molecule has 3 rings (SSSR count). The van der Waals surface area contributed by atoms with E-state index in [1.54, 1.807) is 0 Å². The lowest BCUT2D eigenvalue weighted by Gasteiger charge is -2.30. The fourth-order valence-electron chi connectivity index (χ4n) is 3.50. The highest BCUT2D eigenvalue weighted by Gasteiger charge is 2.43. The van der Waals surface area contributed by atoms with Gasteiger partial charge in [0, 0.05) is 12.0 Å². The summed E-state index contributed by atoms with van der Waals surface area (Å²) in [5.74, 6) is 1.56. The molecule has 112 valence electrons. The van der Waals surface area contributed by atoms with Crippen LogP contribution in [-0.4, -0.2) is 29.8 Å². The predicted molar refractivity (Wildman–Crippen MR) is 75.5 cm³/mol. The van der Waals surface area contributed by atoms with Crippen molar-refractivity contribution < 1.29 is 9.26 Å². The minimum atomic E-state index is -0.292. The van der Waals surface area contributed by atoms with Crippen LogP contribution in [0.5, 0.6) is 0 Å². The van der Waals surface area contributed by atoms with Gasteiger partial charge in [0.05, 0.1) is 0 Å². The second kappa shape index (κ2) is 5.45. The molecule has 5 heteroatoms. The summed E-state index contributed by atoms with van der Waals surface area (Å²) in [7, 11) is 0. The van der Waals surface area contributed by atoms with E-state index in [9.17, 15) is 0 Å². The number of hydrogen-bond donors (Lipinski definition) is 1. The SMILES string of the molecule is CCOC1(c2noc(C3(C)CCNCC3)n2)CCCC1. The van der Waals surface area contributed by atoms with E-state index < -0.39 is 0 Å².